The van der Waals surface area contributed by atoms with E-state index in [4.69, 9.17) is 0 Å². The molecular formula is C13H16F6O4. The molecule has 1 saturated heterocycles. The maximum atomic E-state index is 13.5. The molecule has 0 aliphatic carbocycles. The van der Waals surface area contributed by atoms with Crippen molar-refractivity contribution < 1.29 is 45.7 Å². The third kappa shape index (κ3) is 3.79. The monoisotopic (exact) mass is 350 g/mol. The molecule has 0 bridgehead atoms. The Hall–Kier alpha value is -1.29. The molecule has 1 N–H and O–H groups in total. The van der Waals surface area contributed by atoms with Crippen LogP contribution in [0.15, 0.2) is 12.2 Å². The number of alkyl halides is 6. The van der Waals surface area contributed by atoms with E-state index in [1.807, 2.05) is 0 Å². The summed E-state index contributed by atoms with van der Waals surface area (Å²) in [4.78, 5) is 11.5. The smallest absolute Gasteiger partial charge is 0.443 e. The molecule has 1 aliphatic heterocycles. The van der Waals surface area contributed by atoms with E-state index in [2.05, 4.69) is 16.1 Å². The molecule has 1 heterocycles. The molecular weight excluding hydrogens is 334 g/mol. The summed E-state index contributed by atoms with van der Waals surface area (Å²) in [5.74, 6) is -5.62. The SMILES string of the molecule is C=C(C)C(=O)OC1(C(F)(F)F)CC(C)(C)OC(O)(C(F)(F)F)C1. The molecule has 23 heavy (non-hydrogen) atoms. The van der Waals surface area contributed by atoms with E-state index in [0.717, 1.165) is 20.8 Å². The number of hydrogen-bond donors (Lipinski definition) is 1. The van der Waals surface area contributed by atoms with Crippen molar-refractivity contribution in [3.05, 3.63) is 12.2 Å². The van der Waals surface area contributed by atoms with Gasteiger partial charge in [-0.3, -0.25) is 0 Å². The van der Waals surface area contributed by atoms with Crippen molar-refractivity contribution in [1.82, 2.24) is 0 Å². The van der Waals surface area contributed by atoms with Crippen molar-refractivity contribution >= 4 is 5.97 Å². The minimum atomic E-state index is -5.52. The number of rotatable bonds is 2. The Balaban J connectivity index is 3.44. The molecule has 0 amide bonds. The van der Waals surface area contributed by atoms with E-state index in [1.54, 1.807) is 0 Å². The van der Waals surface area contributed by atoms with Crippen molar-refractivity contribution in [3.63, 3.8) is 0 Å². The van der Waals surface area contributed by atoms with Crippen LogP contribution in [0, 0.1) is 0 Å². The standard InChI is InChI=1S/C13H16F6O4/c1-7(2)8(20)22-10(12(14,15)16)5-9(3,4)23-11(21,6-10)13(17,18)19/h21H,1,5-6H2,2-4H3. The molecule has 1 fully saturated rings. The van der Waals surface area contributed by atoms with E-state index in [-0.39, 0.29) is 0 Å². The van der Waals surface area contributed by atoms with Gasteiger partial charge in [-0.1, -0.05) is 6.58 Å². The minimum Gasteiger partial charge on any atom is -0.446 e. The summed E-state index contributed by atoms with van der Waals surface area (Å²) in [6.07, 6.45) is -14.0. The molecule has 0 spiro atoms. The second kappa shape index (κ2) is 5.37. The number of carbonyl (C=O) groups is 1. The zero-order valence-corrected chi connectivity index (χ0v) is 12.6. The lowest BCUT2D eigenvalue weighted by atomic mass is 9.79. The number of carbonyl (C=O) groups excluding carboxylic acids is 1. The molecule has 0 aromatic rings. The summed E-state index contributed by atoms with van der Waals surface area (Å²) < 4.78 is 88.1. The van der Waals surface area contributed by atoms with E-state index >= 15 is 0 Å². The molecule has 10 heteroatoms. The highest BCUT2D eigenvalue weighted by Crippen LogP contribution is 2.54. The Bertz CT molecular complexity index is 510. The maximum absolute atomic E-state index is 13.5. The van der Waals surface area contributed by atoms with Crippen molar-refractivity contribution in [1.29, 1.82) is 0 Å². The second-order valence-electron chi connectivity index (χ2n) is 6.16. The number of esters is 1. The van der Waals surface area contributed by atoms with Gasteiger partial charge >= 0.3 is 18.3 Å². The first-order chi connectivity index (χ1) is 9.95. The van der Waals surface area contributed by atoms with Crippen LogP contribution in [0.5, 0.6) is 0 Å². The quantitative estimate of drug-likeness (QED) is 0.472. The third-order valence-electron chi connectivity index (χ3n) is 3.28. The van der Waals surface area contributed by atoms with Crippen LogP contribution in [0.2, 0.25) is 0 Å². The van der Waals surface area contributed by atoms with Crippen molar-refractivity contribution in [2.45, 2.75) is 63.0 Å². The Morgan fingerprint density at radius 3 is 1.96 bits per heavy atom. The summed E-state index contributed by atoms with van der Waals surface area (Å²) in [6.45, 7) is 6.00. The molecule has 2 unspecified atom stereocenters. The average Bonchev–Trinajstić information content (AvgIpc) is 2.22. The summed E-state index contributed by atoms with van der Waals surface area (Å²) in [7, 11) is 0. The third-order valence-corrected chi connectivity index (χ3v) is 3.28. The molecule has 1 rings (SSSR count). The lowest BCUT2D eigenvalue weighted by Crippen LogP contribution is -2.67. The van der Waals surface area contributed by atoms with E-state index in [0.29, 0.717) is 0 Å². The number of ether oxygens (including phenoxy) is 2. The number of hydrogen-bond acceptors (Lipinski definition) is 4. The highest BCUT2D eigenvalue weighted by atomic mass is 19.4. The van der Waals surface area contributed by atoms with Gasteiger partial charge in [-0.2, -0.15) is 26.3 Å². The van der Waals surface area contributed by atoms with Crippen molar-refractivity contribution in [2.75, 3.05) is 0 Å². The molecule has 0 aromatic heterocycles. The molecule has 0 radical (unpaired) electrons. The van der Waals surface area contributed by atoms with Gasteiger partial charge in [-0.25, -0.2) is 4.79 Å². The first-order valence-corrected chi connectivity index (χ1v) is 6.40. The van der Waals surface area contributed by atoms with Crippen molar-refractivity contribution in [2.24, 2.45) is 0 Å². The topological polar surface area (TPSA) is 55.8 Å². The van der Waals surface area contributed by atoms with Crippen LogP contribution in [-0.4, -0.2) is 40.4 Å². The summed E-state index contributed by atoms with van der Waals surface area (Å²) in [5, 5.41) is 9.63. The maximum Gasteiger partial charge on any atom is 0.443 e. The van der Waals surface area contributed by atoms with Crippen LogP contribution in [0.1, 0.15) is 33.6 Å². The van der Waals surface area contributed by atoms with Gasteiger partial charge in [-0.15, -0.1) is 0 Å². The molecule has 134 valence electrons. The second-order valence-corrected chi connectivity index (χ2v) is 6.16. The van der Waals surface area contributed by atoms with Gasteiger partial charge in [0, 0.05) is 12.0 Å². The molecule has 0 saturated carbocycles. The molecule has 2 atom stereocenters. The van der Waals surface area contributed by atoms with E-state index < -0.39 is 53.7 Å². The van der Waals surface area contributed by atoms with Gasteiger partial charge < -0.3 is 14.6 Å². The fourth-order valence-electron chi connectivity index (χ4n) is 2.42. The fourth-order valence-corrected chi connectivity index (χ4v) is 2.42. The highest BCUT2D eigenvalue weighted by Gasteiger charge is 2.73. The van der Waals surface area contributed by atoms with Gasteiger partial charge in [0.2, 0.25) is 5.60 Å². The Kier molecular flexibility index (Phi) is 4.61. The summed E-state index contributed by atoms with van der Waals surface area (Å²) in [6, 6.07) is 0. The largest absolute Gasteiger partial charge is 0.446 e. The predicted octanol–water partition coefficient (Wildman–Crippen LogP) is 3.25. The average molecular weight is 350 g/mol. The number of aliphatic hydroxyl groups is 1. The summed E-state index contributed by atoms with van der Waals surface area (Å²) >= 11 is 0. The zero-order valence-electron chi connectivity index (χ0n) is 12.6. The predicted molar refractivity (Wildman–Crippen MR) is 65.1 cm³/mol. The van der Waals surface area contributed by atoms with E-state index in [9.17, 15) is 36.2 Å². The van der Waals surface area contributed by atoms with Gasteiger partial charge in [0.1, 0.15) is 0 Å². The van der Waals surface area contributed by atoms with Crippen molar-refractivity contribution in [3.8, 4) is 0 Å². The lowest BCUT2D eigenvalue weighted by molar-refractivity contribution is -0.440. The lowest BCUT2D eigenvalue weighted by Gasteiger charge is -2.51. The molecule has 4 nitrogen and oxygen atoms in total. The fraction of sp³-hybridized carbons (Fsp3) is 0.769. The van der Waals surface area contributed by atoms with Crippen LogP contribution in [0.25, 0.3) is 0 Å². The first kappa shape index (κ1) is 19.8. The Morgan fingerprint density at radius 2 is 1.61 bits per heavy atom. The molecule has 1 aliphatic rings. The van der Waals surface area contributed by atoms with Gasteiger partial charge in [0.05, 0.1) is 12.0 Å². The van der Waals surface area contributed by atoms with Gasteiger partial charge in [-0.05, 0) is 20.8 Å². The van der Waals surface area contributed by atoms with E-state index in [1.165, 1.54) is 0 Å². The highest BCUT2D eigenvalue weighted by molar-refractivity contribution is 5.87. The van der Waals surface area contributed by atoms with Crippen LogP contribution in [0.3, 0.4) is 0 Å². The summed E-state index contributed by atoms with van der Waals surface area (Å²) in [5.41, 5.74) is -6.05. The Labute approximate surface area is 128 Å². The van der Waals surface area contributed by atoms with Crippen LogP contribution < -0.4 is 0 Å². The first-order valence-electron chi connectivity index (χ1n) is 6.40. The van der Waals surface area contributed by atoms with Gasteiger partial charge in [0.25, 0.3) is 5.79 Å². The number of halogens is 6. The Morgan fingerprint density at radius 1 is 1.13 bits per heavy atom. The van der Waals surface area contributed by atoms with Crippen LogP contribution >= 0.6 is 0 Å². The minimum absolute atomic E-state index is 0.423. The van der Waals surface area contributed by atoms with Crippen LogP contribution in [0.4, 0.5) is 26.3 Å². The van der Waals surface area contributed by atoms with Gasteiger partial charge in [0.15, 0.2) is 0 Å². The normalized spacial score (nSPS) is 31.6. The van der Waals surface area contributed by atoms with Crippen LogP contribution in [-0.2, 0) is 14.3 Å². The molecule has 0 aromatic carbocycles. The zero-order chi connectivity index (χ0) is 18.5.